The molecule has 1 amide bonds. The molecule has 21 heavy (non-hydrogen) atoms. The number of amides is 1. The summed E-state index contributed by atoms with van der Waals surface area (Å²) in [6.45, 7) is 7.51. The molecule has 1 atom stereocenters. The van der Waals surface area contributed by atoms with Crippen LogP contribution in [-0.2, 0) is 20.7 Å². The molecule has 0 spiro atoms. The molecule has 1 unspecified atom stereocenters. The van der Waals surface area contributed by atoms with Gasteiger partial charge in [-0.25, -0.2) is 4.79 Å². The third-order valence-electron chi connectivity index (χ3n) is 3.01. The number of aryl methyl sites for hydroxylation is 2. The van der Waals surface area contributed by atoms with Crippen LogP contribution in [0.4, 0.5) is 0 Å². The first-order chi connectivity index (χ1) is 9.93. The van der Waals surface area contributed by atoms with Crippen molar-refractivity contribution in [2.45, 2.75) is 26.3 Å². The molecule has 1 aromatic rings. The maximum absolute atomic E-state index is 12.0. The highest BCUT2D eigenvalue weighted by atomic mass is 16.5. The van der Waals surface area contributed by atoms with Crippen molar-refractivity contribution in [3.63, 3.8) is 0 Å². The Hall–Kier alpha value is -2.14. The van der Waals surface area contributed by atoms with E-state index in [1.807, 2.05) is 32.0 Å². The molecule has 0 aromatic heterocycles. The molecule has 0 heterocycles. The van der Waals surface area contributed by atoms with Crippen LogP contribution in [0.3, 0.4) is 0 Å². The molecule has 1 rings (SSSR count). The average molecular weight is 291 g/mol. The minimum atomic E-state index is -1.12. The van der Waals surface area contributed by atoms with Crippen molar-refractivity contribution in [2.24, 2.45) is 0 Å². The van der Waals surface area contributed by atoms with Gasteiger partial charge in [0.1, 0.15) is 0 Å². The van der Waals surface area contributed by atoms with Crippen LogP contribution < -0.4 is 5.32 Å². The molecule has 0 aliphatic heterocycles. The van der Waals surface area contributed by atoms with E-state index in [4.69, 9.17) is 9.84 Å². The summed E-state index contributed by atoms with van der Waals surface area (Å²) in [6.07, 6.45) is 1.68. The maximum atomic E-state index is 12.0. The smallest absolute Gasteiger partial charge is 0.328 e. The summed E-state index contributed by atoms with van der Waals surface area (Å²) in [6, 6.07) is 4.79. The minimum Gasteiger partial charge on any atom is -0.480 e. The van der Waals surface area contributed by atoms with Crippen LogP contribution in [0.2, 0.25) is 0 Å². The number of carboxylic acid groups (broad SMARTS) is 1. The fourth-order valence-corrected chi connectivity index (χ4v) is 1.85. The van der Waals surface area contributed by atoms with Crippen molar-refractivity contribution >= 4 is 11.9 Å². The normalized spacial score (nSPS) is 11.7. The van der Waals surface area contributed by atoms with Crippen LogP contribution in [0.15, 0.2) is 30.9 Å². The highest BCUT2D eigenvalue weighted by Gasteiger charge is 2.20. The summed E-state index contributed by atoms with van der Waals surface area (Å²) in [4.78, 5) is 23.1. The van der Waals surface area contributed by atoms with Gasteiger partial charge >= 0.3 is 5.97 Å². The quantitative estimate of drug-likeness (QED) is 0.564. The molecule has 2 N–H and O–H groups in total. The second kappa shape index (κ2) is 8.21. The predicted molar refractivity (Wildman–Crippen MR) is 80.2 cm³/mol. The van der Waals surface area contributed by atoms with Gasteiger partial charge in [-0.15, -0.1) is 6.58 Å². The molecule has 0 aliphatic rings. The van der Waals surface area contributed by atoms with E-state index < -0.39 is 12.0 Å². The first kappa shape index (κ1) is 16.9. The lowest BCUT2D eigenvalue weighted by molar-refractivity contribution is -0.143. The van der Waals surface area contributed by atoms with Crippen LogP contribution >= 0.6 is 0 Å². The fraction of sp³-hybridized carbons (Fsp3) is 0.375. The number of carboxylic acids is 1. The van der Waals surface area contributed by atoms with Gasteiger partial charge in [-0.2, -0.15) is 0 Å². The number of benzene rings is 1. The van der Waals surface area contributed by atoms with Crippen LogP contribution in [0.25, 0.3) is 0 Å². The molecule has 0 aliphatic carbocycles. The van der Waals surface area contributed by atoms with Crippen molar-refractivity contribution in [1.29, 1.82) is 0 Å². The van der Waals surface area contributed by atoms with Crippen molar-refractivity contribution in [3.8, 4) is 0 Å². The molecule has 114 valence electrons. The maximum Gasteiger partial charge on any atom is 0.328 e. The van der Waals surface area contributed by atoms with Gasteiger partial charge in [-0.1, -0.05) is 29.8 Å². The van der Waals surface area contributed by atoms with Gasteiger partial charge in [0.15, 0.2) is 6.04 Å². The zero-order valence-corrected chi connectivity index (χ0v) is 12.4. The summed E-state index contributed by atoms with van der Waals surface area (Å²) in [5.74, 6) is -1.45. The molecule has 5 nitrogen and oxygen atoms in total. The molecule has 0 saturated carbocycles. The Morgan fingerprint density at radius 1 is 1.43 bits per heavy atom. The van der Waals surface area contributed by atoms with Crippen molar-refractivity contribution in [3.05, 3.63) is 47.5 Å². The summed E-state index contributed by atoms with van der Waals surface area (Å²) < 4.78 is 5.09. The Labute approximate surface area is 124 Å². The van der Waals surface area contributed by atoms with E-state index in [1.165, 1.54) is 6.08 Å². The molecule has 0 fully saturated rings. The van der Waals surface area contributed by atoms with Crippen molar-refractivity contribution in [2.75, 3.05) is 13.2 Å². The Kier molecular flexibility index (Phi) is 6.62. The zero-order chi connectivity index (χ0) is 15.8. The van der Waals surface area contributed by atoms with Crippen LogP contribution in [0, 0.1) is 13.8 Å². The van der Waals surface area contributed by atoms with E-state index in [2.05, 4.69) is 11.9 Å². The van der Waals surface area contributed by atoms with Crippen LogP contribution in [0.5, 0.6) is 0 Å². The Morgan fingerprint density at radius 3 is 2.76 bits per heavy atom. The van der Waals surface area contributed by atoms with Gasteiger partial charge in [-0.05, 0) is 25.0 Å². The monoisotopic (exact) mass is 291 g/mol. The van der Waals surface area contributed by atoms with E-state index in [9.17, 15) is 9.59 Å². The summed E-state index contributed by atoms with van der Waals surface area (Å²) in [7, 11) is 0. The predicted octanol–water partition coefficient (Wildman–Crippen LogP) is 1.62. The van der Waals surface area contributed by atoms with Gasteiger partial charge in [0.25, 0.3) is 0 Å². The van der Waals surface area contributed by atoms with Gasteiger partial charge in [0.05, 0.1) is 19.6 Å². The fourth-order valence-electron chi connectivity index (χ4n) is 1.85. The van der Waals surface area contributed by atoms with Gasteiger partial charge in [0.2, 0.25) is 5.91 Å². The lowest BCUT2D eigenvalue weighted by Gasteiger charge is -2.15. The number of nitrogens with one attached hydrogen (secondary N) is 1. The second-order valence-electron chi connectivity index (χ2n) is 4.89. The molecular formula is C16H21NO4. The minimum absolute atomic E-state index is 0.0834. The highest BCUT2D eigenvalue weighted by molar-refractivity contribution is 5.85. The molecule has 1 aromatic carbocycles. The second-order valence-corrected chi connectivity index (χ2v) is 4.89. The lowest BCUT2D eigenvalue weighted by Crippen LogP contribution is -2.44. The topological polar surface area (TPSA) is 75.6 Å². The first-order valence-electron chi connectivity index (χ1n) is 6.71. The average Bonchev–Trinajstić information content (AvgIpc) is 2.42. The lowest BCUT2D eigenvalue weighted by atomic mass is 10.0. The standard InChI is InChI=1S/C16H21NO4/c1-4-7-21-10-14(16(19)20)17-15(18)9-13-8-11(2)5-6-12(13)3/h4-6,8,14H,1,7,9-10H2,2-3H3,(H,17,18)(H,19,20). The van der Waals surface area contributed by atoms with E-state index in [0.29, 0.717) is 0 Å². The summed E-state index contributed by atoms with van der Waals surface area (Å²) in [5, 5.41) is 11.5. The number of hydrogen-bond donors (Lipinski definition) is 2. The first-order valence-corrected chi connectivity index (χ1v) is 6.71. The van der Waals surface area contributed by atoms with E-state index >= 15 is 0 Å². The Bertz CT molecular complexity index is 525. The Morgan fingerprint density at radius 2 is 2.14 bits per heavy atom. The highest BCUT2D eigenvalue weighted by Crippen LogP contribution is 2.11. The van der Waals surface area contributed by atoms with Crippen molar-refractivity contribution < 1.29 is 19.4 Å². The third-order valence-corrected chi connectivity index (χ3v) is 3.01. The van der Waals surface area contributed by atoms with E-state index in [-0.39, 0.29) is 25.5 Å². The van der Waals surface area contributed by atoms with Crippen molar-refractivity contribution in [1.82, 2.24) is 5.32 Å². The number of aliphatic carboxylic acids is 1. The molecule has 0 bridgehead atoms. The Balaban J connectivity index is 2.63. The van der Waals surface area contributed by atoms with Gasteiger partial charge < -0.3 is 15.2 Å². The number of carbonyl (C=O) groups is 2. The molecule has 0 saturated heterocycles. The van der Waals surface area contributed by atoms with Crippen LogP contribution in [-0.4, -0.2) is 36.2 Å². The summed E-state index contributed by atoms with van der Waals surface area (Å²) in [5.41, 5.74) is 2.96. The largest absolute Gasteiger partial charge is 0.480 e. The SMILES string of the molecule is C=CCOCC(NC(=O)Cc1cc(C)ccc1C)C(=O)O. The zero-order valence-electron chi connectivity index (χ0n) is 12.4. The van der Waals surface area contributed by atoms with Gasteiger partial charge in [0, 0.05) is 0 Å². The summed E-state index contributed by atoms with van der Waals surface area (Å²) >= 11 is 0. The molecule has 0 radical (unpaired) electrons. The number of hydrogen-bond acceptors (Lipinski definition) is 3. The molecular weight excluding hydrogens is 270 g/mol. The van der Waals surface area contributed by atoms with E-state index in [0.717, 1.165) is 16.7 Å². The third kappa shape index (κ3) is 5.79. The number of rotatable bonds is 8. The number of carbonyl (C=O) groups excluding carboxylic acids is 1. The molecule has 5 heteroatoms. The van der Waals surface area contributed by atoms with Gasteiger partial charge in [-0.3, -0.25) is 4.79 Å². The number of ether oxygens (including phenoxy) is 1. The van der Waals surface area contributed by atoms with E-state index in [1.54, 1.807) is 0 Å². The van der Waals surface area contributed by atoms with Crippen LogP contribution in [0.1, 0.15) is 16.7 Å².